The molecule has 4 fully saturated rings. The second-order valence-corrected chi connectivity index (χ2v) is 5.50. The molecule has 0 aromatic heterocycles. The average molecular weight is 194 g/mol. The van der Waals surface area contributed by atoms with Crippen molar-refractivity contribution in [3.63, 3.8) is 0 Å². The average Bonchev–Trinajstić information content (AvgIpc) is 2.56. The van der Waals surface area contributed by atoms with Gasteiger partial charge in [0.25, 0.3) is 0 Å². The summed E-state index contributed by atoms with van der Waals surface area (Å²) in [7, 11) is 2.15. The quantitative estimate of drug-likeness (QED) is 0.569. The van der Waals surface area contributed by atoms with Gasteiger partial charge in [0, 0.05) is 25.6 Å². The van der Waals surface area contributed by atoms with E-state index in [2.05, 4.69) is 17.0 Å². The van der Waals surface area contributed by atoms with Gasteiger partial charge in [0.2, 0.25) is 0 Å². The van der Waals surface area contributed by atoms with Gasteiger partial charge >= 0.3 is 0 Å². The number of hydroxylamine groups is 2. The molecule has 4 aliphatic rings. The van der Waals surface area contributed by atoms with Crippen molar-refractivity contribution < 1.29 is 4.84 Å². The molecule has 1 saturated carbocycles. The molecule has 0 aromatic carbocycles. The van der Waals surface area contributed by atoms with Crippen molar-refractivity contribution >= 4 is 0 Å². The number of likely N-dealkylation sites (N-methyl/N-ethyl adjacent to an activating group) is 1. The highest BCUT2D eigenvalue weighted by atomic mass is 16.7. The van der Waals surface area contributed by atoms with E-state index in [-0.39, 0.29) is 0 Å². The Labute approximate surface area is 85.0 Å². The molecule has 0 amide bonds. The van der Waals surface area contributed by atoms with Gasteiger partial charge in [-0.3, -0.25) is 9.74 Å². The summed E-state index contributed by atoms with van der Waals surface area (Å²) in [5, 5.41) is 2.19. The van der Waals surface area contributed by atoms with Crippen LogP contribution < -0.4 is 0 Å². The zero-order chi connectivity index (χ0) is 9.34. The summed E-state index contributed by atoms with van der Waals surface area (Å²) in [5.74, 6) is 0.817. The van der Waals surface area contributed by atoms with Crippen LogP contribution in [0.2, 0.25) is 0 Å². The van der Waals surface area contributed by atoms with E-state index in [4.69, 9.17) is 4.84 Å². The topological polar surface area (TPSA) is 15.7 Å². The molecule has 1 spiro atoms. The SMILES string of the molecule is CN1OC2(CC2)[C@@H]2CN3CCC[C@H]3[C@@H]21. The number of hydrogen-bond acceptors (Lipinski definition) is 3. The van der Waals surface area contributed by atoms with Gasteiger partial charge in [-0.1, -0.05) is 0 Å². The predicted octanol–water partition coefficient (Wildman–Crippen LogP) is 0.859. The van der Waals surface area contributed by atoms with Crippen molar-refractivity contribution in [3.8, 4) is 0 Å². The van der Waals surface area contributed by atoms with Crippen molar-refractivity contribution in [3.05, 3.63) is 0 Å². The van der Waals surface area contributed by atoms with E-state index in [1.807, 2.05) is 0 Å². The van der Waals surface area contributed by atoms with Crippen LogP contribution in [0.25, 0.3) is 0 Å². The number of rotatable bonds is 0. The molecule has 3 saturated heterocycles. The summed E-state index contributed by atoms with van der Waals surface area (Å²) in [6.45, 7) is 2.64. The highest BCUT2D eigenvalue weighted by molar-refractivity contribution is 5.16. The van der Waals surface area contributed by atoms with Gasteiger partial charge in [-0.2, -0.15) is 5.06 Å². The third kappa shape index (κ3) is 0.802. The molecular formula is C11H18N2O. The maximum atomic E-state index is 6.04. The van der Waals surface area contributed by atoms with E-state index >= 15 is 0 Å². The van der Waals surface area contributed by atoms with Crippen LogP contribution in [0, 0.1) is 5.92 Å². The molecule has 3 heteroatoms. The molecule has 0 aromatic rings. The van der Waals surface area contributed by atoms with Crippen molar-refractivity contribution in [2.24, 2.45) is 5.92 Å². The number of nitrogens with zero attached hydrogens (tertiary/aromatic N) is 2. The van der Waals surface area contributed by atoms with Crippen LogP contribution in [0.15, 0.2) is 0 Å². The molecule has 0 N–H and O–H groups in total. The van der Waals surface area contributed by atoms with E-state index in [1.165, 1.54) is 38.8 Å². The highest BCUT2D eigenvalue weighted by Gasteiger charge is 2.66. The number of hydrogen-bond donors (Lipinski definition) is 0. The van der Waals surface area contributed by atoms with Crippen LogP contribution in [-0.4, -0.2) is 47.8 Å². The van der Waals surface area contributed by atoms with E-state index in [1.54, 1.807) is 0 Å². The molecule has 3 nitrogen and oxygen atoms in total. The van der Waals surface area contributed by atoms with Gasteiger partial charge in [0.1, 0.15) is 0 Å². The predicted molar refractivity (Wildman–Crippen MR) is 52.7 cm³/mol. The molecule has 0 bridgehead atoms. The second kappa shape index (κ2) is 2.34. The molecule has 4 rings (SSSR count). The van der Waals surface area contributed by atoms with Crippen LogP contribution >= 0.6 is 0 Å². The summed E-state index contributed by atoms with van der Waals surface area (Å²) >= 11 is 0. The molecular weight excluding hydrogens is 176 g/mol. The fourth-order valence-electron chi connectivity index (χ4n) is 4.07. The second-order valence-electron chi connectivity index (χ2n) is 5.50. The first-order valence-electron chi connectivity index (χ1n) is 5.96. The van der Waals surface area contributed by atoms with E-state index < -0.39 is 0 Å². The summed E-state index contributed by atoms with van der Waals surface area (Å²) in [4.78, 5) is 8.74. The Hall–Kier alpha value is -0.120. The lowest BCUT2D eigenvalue weighted by Gasteiger charge is -2.24. The third-order valence-corrected chi connectivity index (χ3v) is 4.82. The fraction of sp³-hybridized carbons (Fsp3) is 1.00. The minimum absolute atomic E-state index is 0.295. The van der Waals surface area contributed by atoms with Crippen LogP contribution in [0.4, 0.5) is 0 Å². The third-order valence-electron chi connectivity index (χ3n) is 4.82. The van der Waals surface area contributed by atoms with Gasteiger partial charge in [-0.15, -0.1) is 0 Å². The van der Waals surface area contributed by atoms with Crippen molar-refractivity contribution in [1.29, 1.82) is 0 Å². The first-order chi connectivity index (χ1) is 6.80. The van der Waals surface area contributed by atoms with Crippen molar-refractivity contribution in [1.82, 2.24) is 9.96 Å². The van der Waals surface area contributed by atoms with Crippen molar-refractivity contribution in [2.75, 3.05) is 20.1 Å². The lowest BCUT2D eigenvalue weighted by molar-refractivity contribution is -0.164. The van der Waals surface area contributed by atoms with Crippen LogP contribution in [-0.2, 0) is 4.84 Å². The maximum absolute atomic E-state index is 6.04. The maximum Gasteiger partial charge on any atom is 0.0958 e. The highest BCUT2D eigenvalue weighted by Crippen LogP contribution is 2.57. The summed E-state index contributed by atoms with van der Waals surface area (Å²) in [6.07, 6.45) is 5.40. The summed E-state index contributed by atoms with van der Waals surface area (Å²) in [6, 6.07) is 1.52. The molecule has 0 unspecified atom stereocenters. The molecule has 1 aliphatic carbocycles. The standard InChI is InChI=1S/C11H18N2O/c1-12-10-8(11(14-12)4-5-11)7-13-6-2-3-9(10)13/h8-10H,2-7H2,1H3/t8-,9+,10-/m1/s1. The fourth-order valence-corrected chi connectivity index (χ4v) is 4.07. The van der Waals surface area contributed by atoms with Crippen LogP contribution in [0.5, 0.6) is 0 Å². The van der Waals surface area contributed by atoms with Crippen LogP contribution in [0.1, 0.15) is 25.7 Å². The van der Waals surface area contributed by atoms with Crippen molar-refractivity contribution in [2.45, 2.75) is 43.4 Å². The Morgan fingerprint density at radius 2 is 2.21 bits per heavy atom. The lowest BCUT2D eigenvalue weighted by Crippen LogP contribution is -2.38. The van der Waals surface area contributed by atoms with Gasteiger partial charge in [0.15, 0.2) is 0 Å². The van der Waals surface area contributed by atoms with Gasteiger partial charge in [-0.05, 0) is 32.2 Å². The Balaban J connectivity index is 1.70. The Bertz CT molecular complexity index is 276. The van der Waals surface area contributed by atoms with Gasteiger partial charge in [0.05, 0.1) is 11.6 Å². The lowest BCUT2D eigenvalue weighted by atomic mass is 9.91. The minimum Gasteiger partial charge on any atom is -0.298 e. The smallest absolute Gasteiger partial charge is 0.0958 e. The summed E-state index contributed by atoms with van der Waals surface area (Å²) < 4.78 is 0. The van der Waals surface area contributed by atoms with Gasteiger partial charge < -0.3 is 0 Å². The Kier molecular flexibility index (Phi) is 1.35. The molecule has 0 radical (unpaired) electrons. The Morgan fingerprint density at radius 1 is 1.36 bits per heavy atom. The first-order valence-corrected chi connectivity index (χ1v) is 5.96. The first kappa shape index (κ1) is 8.08. The number of fused-ring (bicyclic) bond motifs is 4. The molecule has 3 atom stereocenters. The summed E-state index contributed by atoms with van der Waals surface area (Å²) in [5.41, 5.74) is 0.295. The van der Waals surface area contributed by atoms with Gasteiger partial charge in [-0.25, -0.2) is 0 Å². The monoisotopic (exact) mass is 194 g/mol. The molecule has 3 aliphatic heterocycles. The zero-order valence-electron chi connectivity index (χ0n) is 8.78. The van der Waals surface area contributed by atoms with E-state index in [0.717, 1.165) is 12.0 Å². The zero-order valence-corrected chi connectivity index (χ0v) is 8.78. The Morgan fingerprint density at radius 3 is 3.00 bits per heavy atom. The molecule has 3 heterocycles. The van der Waals surface area contributed by atoms with E-state index in [0.29, 0.717) is 11.6 Å². The van der Waals surface area contributed by atoms with Crippen LogP contribution in [0.3, 0.4) is 0 Å². The minimum atomic E-state index is 0.295. The van der Waals surface area contributed by atoms with E-state index in [9.17, 15) is 0 Å². The molecule has 78 valence electrons. The molecule has 14 heavy (non-hydrogen) atoms. The largest absolute Gasteiger partial charge is 0.298 e. The normalized spacial score (nSPS) is 49.9.